The summed E-state index contributed by atoms with van der Waals surface area (Å²) in [6.07, 6.45) is 1.37. The number of carboxylic acid groups (broad SMARTS) is 1. The minimum absolute atomic E-state index is 0.0416. The molecule has 0 bridgehead atoms. The molecule has 152 valence electrons. The van der Waals surface area contributed by atoms with E-state index in [1.165, 1.54) is 0 Å². The zero-order valence-electron chi connectivity index (χ0n) is 15.7. The highest BCUT2D eigenvalue weighted by Gasteiger charge is 2.25. The van der Waals surface area contributed by atoms with E-state index in [2.05, 4.69) is 10.6 Å². The number of hydrogen-bond acceptors (Lipinski definition) is 5. The first-order valence-corrected chi connectivity index (χ1v) is 10.9. The monoisotopic (exact) mass is 393 g/mol. The van der Waals surface area contributed by atoms with Crippen molar-refractivity contribution in [2.75, 3.05) is 12.4 Å². The highest BCUT2D eigenvalue weighted by atomic mass is 31.2. The van der Waals surface area contributed by atoms with Gasteiger partial charge in [0, 0.05) is 12.6 Å². The van der Waals surface area contributed by atoms with Crippen molar-refractivity contribution in [1.82, 2.24) is 10.6 Å². The number of carbonyl (C=O) groups is 3. The lowest BCUT2D eigenvalue weighted by Crippen LogP contribution is -2.48. The van der Waals surface area contributed by atoms with Crippen molar-refractivity contribution in [3.8, 4) is 0 Å². The Morgan fingerprint density at radius 1 is 1.23 bits per heavy atom. The predicted molar refractivity (Wildman–Crippen MR) is 98.8 cm³/mol. The highest BCUT2D eigenvalue weighted by Crippen LogP contribution is 2.39. The Morgan fingerprint density at radius 3 is 2.35 bits per heavy atom. The van der Waals surface area contributed by atoms with Crippen LogP contribution in [0.1, 0.15) is 52.9 Å². The van der Waals surface area contributed by atoms with Crippen molar-refractivity contribution in [2.24, 2.45) is 11.7 Å². The van der Waals surface area contributed by atoms with Gasteiger partial charge in [-0.2, -0.15) is 0 Å². The third kappa shape index (κ3) is 11.2. The van der Waals surface area contributed by atoms with Crippen LogP contribution in [0.4, 0.5) is 0 Å². The van der Waals surface area contributed by atoms with E-state index < -0.39 is 37.2 Å². The molecule has 0 spiro atoms. The Balaban J connectivity index is 4.66. The summed E-state index contributed by atoms with van der Waals surface area (Å²) in [7, 11) is -3.43. The van der Waals surface area contributed by atoms with E-state index in [-0.39, 0.29) is 31.2 Å². The van der Waals surface area contributed by atoms with E-state index in [0.29, 0.717) is 12.8 Å². The largest absolute Gasteiger partial charge is 0.480 e. The number of nitrogens with one attached hydrogen (secondary N) is 2. The van der Waals surface area contributed by atoms with E-state index in [1.54, 1.807) is 0 Å². The molecule has 0 aromatic heterocycles. The van der Waals surface area contributed by atoms with Crippen LogP contribution in [0.3, 0.4) is 0 Å². The second kappa shape index (κ2) is 12.0. The second-order valence-electron chi connectivity index (χ2n) is 6.86. The van der Waals surface area contributed by atoms with Gasteiger partial charge >= 0.3 is 5.97 Å². The second-order valence-corrected chi connectivity index (χ2v) is 9.31. The normalized spacial score (nSPS) is 15.8. The van der Waals surface area contributed by atoms with Gasteiger partial charge in [0.05, 0.1) is 6.29 Å². The molecule has 0 radical (unpaired) electrons. The Labute approximate surface area is 154 Å². The molecular weight excluding hydrogens is 361 g/mol. The average Bonchev–Trinajstić information content (AvgIpc) is 2.54. The Kier molecular flexibility index (Phi) is 11.4. The zero-order chi connectivity index (χ0) is 20.3. The molecule has 0 saturated heterocycles. The molecule has 1 unspecified atom stereocenters. The number of unbranched alkanes of at least 4 members (excludes halogenated alkanes) is 1. The zero-order valence-corrected chi connectivity index (χ0v) is 16.6. The maximum atomic E-state index is 12.3. The fourth-order valence-corrected chi connectivity index (χ4v) is 3.56. The Bertz CT molecular complexity index is 526. The molecule has 0 aromatic carbocycles. The average molecular weight is 393 g/mol. The first-order chi connectivity index (χ1) is 12.0. The maximum absolute atomic E-state index is 12.3. The van der Waals surface area contributed by atoms with Crippen molar-refractivity contribution in [2.45, 2.75) is 65.0 Å². The van der Waals surface area contributed by atoms with Gasteiger partial charge in [-0.3, -0.25) is 18.9 Å². The van der Waals surface area contributed by atoms with Gasteiger partial charge in [-0.15, -0.1) is 0 Å². The van der Waals surface area contributed by atoms with Crippen LogP contribution >= 0.6 is 7.37 Å². The topological polar surface area (TPSA) is 159 Å². The molecule has 0 aromatic rings. The first-order valence-electron chi connectivity index (χ1n) is 8.84. The third-order valence-electron chi connectivity index (χ3n) is 3.72. The van der Waals surface area contributed by atoms with Gasteiger partial charge in [0.15, 0.2) is 0 Å². The van der Waals surface area contributed by atoms with Crippen molar-refractivity contribution < 1.29 is 28.9 Å². The number of carbonyl (C=O) groups excluding carboxylic acids is 2. The lowest BCUT2D eigenvalue weighted by molar-refractivity contribution is -0.139. The molecule has 10 heteroatoms. The van der Waals surface area contributed by atoms with Crippen LogP contribution in [-0.4, -0.2) is 52.3 Å². The molecule has 0 saturated carbocycles. The van der Waals surface area contributed by atoms with E-state index in [9.17, 15) is 23.8 Å². The smallest absolute Gasteiger partial charge is 0.320 e. The van der Waals surface area contributed by atoms with Crippen LogP contribution in [0, 0.1) is 5.92 Å². The molecule has 2 amide bonds. The van der Waals surface area contributed by atoms with Gasteiger partial charge in [0.2, 0.25) is 19.2 Å². The SMILES string of the molecule is CCCCP(=O)(O)CNC(=O)[C@H](CC(C)C)NC(=O)CC[C@H](N)C(=O)O. The molecule has 0 fully saturated rings. The molecule has 0 aliphatic carbocycles. The lowest BCUT2D eigenvalue weighted by atomic mass is 10.0. The van der Waals surface area contributed by atoms with E-state index in [0.717, 1.165) is 6.42 Å². The molecule has 3 atom stereocenters. The number of rotatable bonds is 13. The first kappa shape index (κ1) is 24.6. The van der Waals surface area contributed by atoms with Crippen molar-refractivity contribution >= 4 is 25.2 Å². The fraction of sp³-hybridized carbons (Fsp3) is 0.812. The summed E-state index contributed by atoms with van der Waals surface area (Å²) in [5.41, 5.74) is 5.35. The van der Waals surface area contributed by atoms with Crippen LogP contribution < -0.4 is 16.4 Å². The van der Waals surface area contributed by atoms with Crippen LogP contribution in [0.25, 0.3) is 0 Å². The summed E-state index contributed by atoms with van der Waals surface area (Å²) in [4.78, 5) is 44.8. The summed E-state index contributed by atoms with van der Waals surface area (Å²) < 4.78 is 12.0. The van der Waals surface area contributed by atoms with Gasteiger partial charge in [-0.1, -0.05) is 27.2 Å². The molecule has 0 aliphatic rings. The van der Waals surface area contributed by atoms with E-state index >= 15 is 0 Å². The van der Waals surface area contributed by atoms with Gasteiger partial charge in [0.25, 0.3) is 0 Å². The van der Waals surface area contributed by atoms with Crippen molar-refractivity contribution in [3.63, 3.8) is 0 Å². The number of amides is 2. The van der Waals surface area contributed by atoms with E-state index in [1.807, 2.05) is 20.8 Å². The molecule has 0 heterocycles. The van der Waals surface area contributed by atoms with E-state index in [4.69, 9.17) is 10.8 Å². The summed E-state index contributed by atoms with van der Waals surface area (Å²) in [6, 6.07) is -1.99. The minimum atomic E-state index is -3.43. The highest BCUT2D eigenvalue weighted by molar-refractivity contribution is 7.57. The quantitative estimate of drug-likeness (QED) is 0.290. The third-order valence-corrected chi connectivity index (χ3v) is 5.39. The summed E-state index contributed by atoms with van der Waals surface area (Å²) in [5, 5.41) is 13.7. The fourth-order valence-electron chi connectivity index (χ4n) is 2.19. The van der Waals surface area contributed by atoms with Crippen LogP contribution in [0.5, 0.6) is 0 Å². The van der Waals surface area contributed by atoms with Gasteiger partial charge in [-0.05, 0) is 25.2 Å². The standard InChI is InChI=1S/C16H32N3O6P/c1-4-5-8-26(24,25)10-18-15(21)13(9-11(2)3)19-14(20)7-6-12(17)16(22)23/h11-13H,4-10,17H2,1-3H3,(H,18,21)(H,19,20)(H,22,23)(H,24,25)/t12-,13-/m0/s1. The van der Waals surface area contributed by atoms with Crippen LogP contribution in [0.2, 0.25) is 0 Å². The van der Waals surface area contributed by atoms with Crippen molar-refractivity contribution in [1.29, 1.82) is 0 Å². The number of nitrogens with two attached hydrogens (primary N) is 1. The number of hydrogen-bond donors (Lipinski definition) is 5. The van der Waals surface area contributed by atoms with Gasteiger partial charge < -0.3 is 26.4 Å². The predicted octanol–water partition coefficient (Wildman–Crippen LogP) is 0.854. The maximum Gasteiger partial charge on any atom is 0.320 e. The van der Waals surface area contributed by atoms with Gasteiger partial charge in [0.1, 0.15) is 12.1 Å². The molecule has 0 aliphatic heterocycles. The lowest BCUT2D eigenvalue weighted by Gasteiger charge is -2.21. The molecular formula is C16H32N3O6P. The Hall–Kier alpha value is -1.44. The number of aliphatic carboxylic acids is 1. The molecule has 9 nitrogen and oxygen atoms in total. The van der Waals surface area contributed by atoms with Crippen LogP contribution in [0.15, 0.2) is 0 Å². The minimum Gasteiger partial charge on any atom is -0.480 e. The van der Waals surface area contributed by atoms with Crippen molar-refractivity contribution in [3.05, 3.63) is 0 Å². The summed E-state index contributed by atoms with van der Waals surface area (Å²) >= 11 is 0. The number of carboxylic acids is 1. The molecule has 0 rings (SSSR count). The van der Waals surface area contributed by atoms with Crippen LogP contribution in [-0.2, 0) is 18.9 Å². The molecule has 6 N–H and O–H groups in total. The van der Waals surface area contributed by atoms with Gasteiger partial charge in [-0.25, -0.2) is 0 Å². The molecule has 26 heavy (non-hydrogen) atoms. The summed E-state index contributed by atoms with van der Waals surface area (Å²) in [5.74, 6) is -2.10. The Morgan fingerprint density at radius 2 is 1.85 bits per heavy atom. The summed E-state index contributed by atoms with van der Waals surface area (Å²) in [6.45, 7) is 5.67.